The number of rotatable bonds is 5. The molecule has 1 heterocycles. The lowest BCUT2D eigenvalue weighted by Crippen LogP contribution is -2.16. The van der Waals surface area contributed by atoms with E-state index >= 15 is 0 Å². The van der Waals surface area contributed by atoms with Gasteiger partial charge in [0.2, 0.25) is 0 Å². The van der Waals surface area contributed by atoms with E-state index in [2.05, 4.69) is 60.5 Å². The van der Waals surface area contributed by atoms with Crippen molar-refractivity contribution in [2.45, 2.75) is 12.6 Å². The predicted octanol–water partition coefficient (Wildman–Crippen LogP) is 4.13. The number of benzene rings is 3. The topological polar surface area (TPSA) is 70.9 Å². The molecular formula is C24H23N5. The van der Waals surface area contributed by atoms with E-state index in [1.54, 1.807) is 12.1 Å². The molecule has 0 saturated carbocycles. The zero-order valence-corrected chi connectivity index (χ0v) is 16.6. The molecule has 0 aliphatic heterocycles. The number of hydrogen-bond donors (Lipinski definition) is 1. The van der Waals surface area contributed by atoms with E-state index in [0.717, 1.165) is 34.7 Å². The number of hydrogen-bond acceptors (Lipinski definition) is 4. The van der Waals surface area contributed by atoms with Gasteiger partial charge in [-0.3, -0.25) is 0 Å². The van der Waals surface area contributed by atoms with Crippen molar-refractivity contribution < 1.29 is 0 Å². The molecule has 0 aliphatic carbocycles. The third kappa shape index (κ3) is 3.71. The molecule has 3 aromatic carbocycles. The van der Waals surface area contributed by atoms with Crippen LogP contribution in [0.25, 0.3) is 11.0 Å². The Morgan fingerprint density at radius 2 is 1.79 bits per heavy atom. The fourth-order valence-electron chi connectivity index (χ4n) is 3.59. The van der Waals surface area contributed by atoms with Crippen molar-refractivity contribution in [3.05, 3.63) is 95.3 Å². The van der Waals surface area contributed by atoms with Crippen LogP contribution in [0.5, 0.6) is 0 Å². The number of anilines is 1. The molecule has 0 bridgehead atoms. The number of aromatic nitrogens is 2. The van der Waals surface area contributed by atoms with E-state index in [9.17, 15) is 0 Å². The fourth-order valence-corrected chi connectivity index (χ4v) is 3.59. The number of nitrogens with zero attached hydrogens (tertiary/aromatic N) is 4. The maximum atomic E-state index is 8.99. The predicted molar refractivity (Wildman–Crippen MR) is 116 cm³/mol. The average Bonchev–Trinajstić information content (AvgIpc) is 3.10. The van der Waals surface area contributed by atoms with Crippen LogP contribution in [0.1, 0.15) is 28.6 Å². The van der Waals surface area contributed by atoms with Gasteiger partial charge in [-0.25, -0.2) is 4.98 Å². The van der Waals surface area contributed by atoms with Crippen LogP contribution in [-0.2, 0) is 13.6 Å². The van der Waals surface area contributed by atoms with Gasteiger partial charge in [0.15, 0.2) is 0 Å². The lowest BCUT2D eigenvalue weighted by Gasteiger charge is -2.19. The van der Waals surface area contributed by atoms with Crippen molar-refractivity contribution in [3.63, 3.8) is 0 Å². The van der Waals surface area contributed by atoms with Crippen LogP contribution in [0.2, 0.25) is 0 Å². The third-order valence-electron chi connectivity index (χ3n) is 5.28. The van der Waals surface area contributed by atoms with Crippen LogP contribution in [0.3, 0.4) is 0 Å². The molecule has 0 fully saturated rings. The first-order valence-electron chi connectivity index (χ1n) is 9.54. The highest BCUT2D eigenvalue weighted by molar-refractivity contribution is 5.80. The molecule has 4 rings (SSSR count). The Bertz CT molecular complexity index is 1170. The number of fused-ring (bicyclic) bond motifs is 1. The summed E-state index contributed by atoms with van der Waals surface area (Å²) >= 11 is 0. The highest BCUT2D eigenvalue weighted by Crippen LogP contribution is 2.27. The van der Waals surface area contributed by atoms with Crippen LogP contribution in [0, 0.1) is 11.3 Å². The number of nitriles is 1. The molecule has 0 aliphatic rings. The molecule has 1 unspecified atom stereocenters. The molecule has 1 atom stereocenters. The van der Waals surface area contributed by atoms with Gasteiger partial charge in [-0.2, -0.15) is 5.26 Å². The highest BCUT2D eigenvalue weighted by atomic mass is 15.1. The standard InChI is InChI=1S/C24H23N5/c1-28(16-18-6-4-3-5-7-18)20-12-13-22-21(14-20)27-24(29(22)2)23(26)19-10-8-17(15-25)9-11-19/h3-14,23H,16,26H2,1-2H3. The van der Waals surface area contributed by atoms with Crippen LogP contribution >= 0.6 is 0 Å². The molecule has 2 N–H and O–H groups in total. The second kappa shape index (κ2) is 7.78. The summed E-state index contributed by atoms with van der Waals surface area (Å²) < 4.78 is 2.04. The van der Waals surface area contributed by atoms with Crippen molar-refractivity contribution >= 4 is 16.7 Å². The molecule has 5 nitrogen and oxygen atoms in total. The Morgan fingerprint density at radius 1 is 1.07 bits per heavy atom. The van der Waals surface area contributed by atoms with E-state index in [0.29, 0.717) is 5.56 Å². The third-order valence-corrected chi connectivity index (χ3v) is 5.28. The van der Waals surface area contributed by atoms with Gasteiger partial charge >= 0.3 is 0 Å². The molecule has 1 aromatic heterocycles. The molecule has 144 valence electrons. The summed E-state index contributed by atoms with van der Waals surface area (Å²) in [6.07, 6.45) is 0. The Labute approximate surface area is 170 Å². The van der Waals surface area contributed by atoms with Gasteiger partial charge in [-0.05, 0) is 41.5 Å². The van der Waals surface area contributed by atoms with Crippen LogP contribution < -0.4 is 10.6 Å². The van der Waals surface area contributed by atoms with Crippen LogP contribution in [0.15, 0.2) is 72.8 Å². The van der Waals surface area contributed by atoms with Gasteiger partial charge < -0.3 is 15.2 Å². The minimum atomic E-state index is -0.356. The summed E-state index contributed by atoms with van der Waals surface area (Å²) in [7, 11) is 4.07. The second-order valence-corrected chi connectivity index (χ2v) is 7.26. The van der Waals surface area contributed by atoms with Crippen LogP contribution in [0.4, 0.5) is 5.69 Å². The number of imidazole rings is 1. The van der Waals surface area contributed by atoms with Gasteiger partial charge in [0, 0.05) is 26.3 Å². The second-order valence-electron chi connectivity index (χ2n) is 7.26. The largest absolute Gasteiger partial charge is 0.370 e. The zero-order valence-electron chi connectivity index (χ0n) is 16.6. The fraction of sp³-hybridized carbons (Fsp3) is 0.167. The Hall–Kier alpha value is -3.62. The van der Waals surface area contributed by atoms with Gasteiger partial charge in [0.25, 0.3) is 0 Å². The summed E-state index contributed by atoms with van der Waals surface area (Å²) in [5.41, 5.74) is 12.4. The van der Waals surface area contributed by atoms with Crippen molar-refractivity contribution in [3.8, 4) is 6.07 Å². The average molecular weight is 381 g/mol. The molecule has 0 amide bonds. The molecular weight excluding hydrogens is 358 g/mol. The minimum Gasteiger partial charge on any atom is -0.370 e. The SMILES string of the molecule is CN(Cc1ccccc1)c1ccc2c(c1)nc(C(N)c1ccc(C#N)cc1)n2C. The van der Waals surface area contributed by atoms with E-state index in [4.69, 9.17) is 16.0 Å². The van der Waals surface area contributed by atoms with Crippen LogP contribution in [-0.4, -0.2) is 16.6 Å². The molecule has 0 spiro atoms. The molecule has 0 radical (unpaired) electrons. The lowest BCUT2D eigenvalue weighted by molar-refractivity contribution is 0.728. The minimum absolute atomic E-state index is 0.356. The number of aryl methyl sites for hydroxylation is 1. The van der Waals surface area contributed by atoms with Gasteiger partial charge in [-0.15, -0.1) is 0 Å². The van der Waals surface area contributed by atoms with Gasteiger partial charge in [0.05, 0.1) is 28.7 Å². The Morgan fingerprint density at radius 3 is 2.48 bits per heavy atom. The van der Waals surface area contributed by atoms with Crippen molar-refractivity contribution in [1.82, 2.24) is 9.55 Å². The monoisotopic (exact) mass is 381 g/mol. The Balaban J connectivity index is 1.63. The van der Waals surface area contributed by atoms with E-state index < -0.39 is 0 Å². The first-order valence-corrected chi connectivity index (χ1v) is 9.54. The smallest absolute Gasteiger partial charge is 0.131 e. The molecule has 0 saturated heterocycles. The van der Waals surface area contributed by atoms with Crippen molar-refractivity contribution in [1.29, 1.82) is 5.26 Å². The quantitative estimate of drug-likeness (QED) is 0.564. The molecule has 4 aromatic rings. The van der Waals surface area contributed by atoms with Gasteiger partial charge in [-0.1, -0.05) is 42.5 Å². The van der Waals surface area contributed by atoms with Crippen molar-refractivity contribution in [2.24, 2.45) is 12.8 Å². The zero-order chi connectivity index (χ0) is 20.4. The highest BCUT2D eigenvalue weighted by Gasteiger charge is 2.17. The molecule has 29 heavy (non-hydrogen) atoms. The van der Waals surface area contributed by atoms with Crippen molar-refractivity contribution in [2.75, 3.05) is 11.9 Å². The van der Waals surface area contributed by atoms with E-state index in [1.165, 1.54) is 5.56 Å². The summed E-state index contributed by atoms with van der Waals surface area (Å²) in [5, 5.41) is 8.99. The first-order chi connectivity index (χ1) is 14.1. The summed E-state index contributed by atoms with van der Waals surface area (Å²) in [4.78, 5) is 7.04. The number of nitrogens with two attached hydrogens (primary N) is 1. The summed E-state index contributed by atoms with van der Waals surface area (Å²) in [5.74, 6) is 0.799. The molecule has 5 heteroatoms. The maximum Gasteiger partial charge on any atom is 0.131 e. The summed E-state index contributed by atoms with van der Waals surface area (Å²) in [6.45, 7) is 0.830. The normalized spacial score (nSPS) is 11.9. The first kappa shape index (κ1) is 18.7. The lowest BCUT2D eigenvalue weighted by atomic mass is 10.1. The van der Waals surface area contributed by atoms with E-state index in [1.807, 2.05) is 29.8 Å². The van der Waals surface area contributed by atoms with E-state index in [-0.39, 0.29) is 6.04 Å². The van der Waals surface area contributed by atoms with Gasteiger partial charge in [0.1, 0.15) is 5.82 Å². The summed E-state index contributed by atoms with van der Waals surface area (Å²) in [6, 6.07) is 25.8. The Kier molecular flexibility index (Phi) is 5.03. The maximum absolute atomic E-state index is 8.99.